The van der Waals surface area contributed by atoms with Gasteiger partial charge in [0, 0.05) is 19.0 Å². The number of carbonyl (C=O) groups excluding carboxylic acids is 1. The normalized spacial score (nSPS) is 25.1. The summed E-state index contributed by atoms with van der Waals surface area (Å²) in [4.78, 5) is 13.5. The van der Waals surface area contributed by atoms with E-state index < -0.39 is 0 Å². The Morgan fingerprint density at radius 2 is 2.27 bits per heavy atom. The Labute approximate surface area is 92.5 Å². The van der Waals surface area contributed by atoms with E-state index >= 15 is 0 Å². The second-order valence-electron chi connectivity index (χ2n) is 4.73. The molecule has 3 heteroatoms. The van der Waals surface area contributed by atoms with Crippen LogP contribution in [0.15, 0.2) is 0 Å². The highest BCUT2D eigenvalue weighted by atomic mass is 16.3. The summed E-state index contributed by atoms with van der Waals surface area (Å²) in [6.07, 6.45) is 4.87. The highest BCUT2D eigenvalue weighted by molar-refractivity contribution is 5.76. The maximum atomic E-state index is 11.1. The van der Waals surface area contributed by atoms with E-state index in [0.29, 0.717) is 12.5 Å². The van der Waals surface area contributed by atoms with Gasteiger partial charge in [-0.2, -0.15) is 0 Å². The molecule has 0 amide bonds. The fraction of sp³-hybridized carbons (Fsp3) is 0.917. The summed E-state index contributed by atoms with van der Waals surface area (Å²) >= 11 is 0. The number of piperidine rings is 1. The molecule has 0 saturated carbocycles. The van der Waals surface area contributed by atoms with Gasteiger partial charge in [0.15, 0.2) is 0 Å². The molecule has 1 N–H and O–H groups in total. The van der Waals surface area contributed by atoms with E-state index in [1.54, 1.807) is 6.92 Å². The van der Waals surface area contributed by atoms with Crippen molar-refractivity contribution < 1.29 is 9.90 Å². The van der Waals surface area contributed by atoms with Crippen molar-refractivity contribution in [2.24, 2.45) is 0 Å². The number of aliphatic hydroxyl groups excluding tert-OH is 1. The Morgan fingerprint density at radius 1 is 1.53 bits per heavy atom. The molecule has 1 saturated heterocycles. The average molecular weight is 213 g/mol. The van der Waals surface area contributed by atoms with Crippen LogP contribution < -0.4 is 0 Å². The predicted octanol–water partition coefficient (Wildman–Crippen LogP) is 1.59. The van der Waals surface area contributed by atoms with Gasteiger partial charge in [0.1, 0.15) is 5.78 Å². The molecule has 15 heavy (non-hydrogen) atoms. The molecule has 0 radical (unpaired) electrons. The van der Waals surface area contributed by atoms with Crippen LogP contribution in [-0.4, -0.2) is 41.0 Å². The lowest BCUT2D eigenvalue weighted by atomic mass is 9.97. The minimum atomic E-state index is -0.232. The highest BCUT2D eigenvalue weighted by Gasteiger charge is 2.23. The summed E-state index contributed by atoms with van der Waals surface area (Å²) in [5.41, 5.74) is 0. The summed E-state index contributed by atoms with van der Waals surface area (Å²) in [6, 6.07) is 0.426. The molecule has 2 unspecified atom stereocenters. The Balaban J connectivity index is 2.39. The first-order valence-corrected chi connectivity index (χ1v) is 6.01. The second kappa shape index (κ2) is 6.23. The van der Waals surface area contributed by atoms with Crippen molar-refractivity contribution in [1.29, 1.82) is 0 Å². The monoisotopic (exact) mass is 213 g/mol. The zero-order valence-corrected chi connectivity index (χ0v) is 9.91. The lowest BCUT2D eigenvalue weighted by Crippen LogP contribution is -2.41. The first-order valence-electron chi connectivity index (χ1n) is 6.01. The Morgan fingerprint density at radius 3 is 2.87 bits per heavy atom. The van der Waals surface area contributed by atoms with Crippen LogP contribution in [0.1, 0.15) is 46.0 Å². The second-order valence-corrected chi connectivity index (χ2v) is 4.73. The number of carbonyl (C=O) groups is 1. The molecule has 1 aliphatic heterocycles. The summed E-state index contributed by atoms with van der Waals surface area (Å²) in [5.74, 6) is 0.281. The van der Waals surface area contributed by atoms with Gasteiger partial charge in [0.25, 0.3) is 0 Å². The van der Waals surface area contributed by atoms with E-state index in [2.05, 4.69) is 4.90 Å². The van der Waals surface area contributed by atoms with Crippen LogP contribution in [0.3, 0.4) is 0 Å². The fourth-order valence-electron chi connectivity index (χ4n) is 2.27. The van der Waals surface area contributed by atoms with Crippen LogP contribution in [0.4, 0.5) is 0 Å². The van der Waals surface area contributed by atoms with Crippen molar-refractivity contribution >= 4 is 5.78 Å². The Hall–Kier alpha value is -0.410. The SMILES string of the molecule is CC(=O)CC1CCCCN1CCC(C)O. The molecule has 1 fully saturated rings. The van der Waals surface area contributed by atoms with Gasteiger partial charge >= 0.3 is 0 Å². The van der Waals surface area contributed by atoms with Crippen molar-refractivity contribution in [3.05, 3.63) is 0 Å². The van der Waals surface area contributed by atoms with E-state index in [1.165, 1.54) is 12.8 Å². The fourth-order valence-corrected chi connectivity index (χ4v) is 2.27. The summed E-state index contributed by atoms with van der Waals surface area (Å²) < 4.78 is 0. The third-order valence-corrected chi connectivity index (χ3v) is 3.11. The molecule has 2 atom stereocenters. The van der Waals surface area contributed by atoms with Crippen molar-refractivity contribution in [2.45, 2.75) is 58.1 Å². The molecule has 88 valence electrons. The molecule has 0 aromatic heterocycles. The third-order valence-electron chi connectivity index (χ3n) is 3.11. The van der Waals surface area contributed by atoms with E-state index in [1.807, 2.05) is 6.92 Å². The molecular formula is C12H23NO2. The van der Waals surface area contributed by atoms with Crippen LogP contribution in [0.5, 0.6) is 0 Å². The minimum Gasteiger partial charge on any atom is -0.393 e. The van der Waals surface area contributed by atoms with Gasteiger partial charge in [-0.3, -0.25) is 9.69 Å². The molecule has 0 bridgehead atoms. The first kappa shape index (κ1) is 12.7. The average Bonchev–Trinajstić information content (AvgIpc) is 2.15. The lowest BCUT2D eigenvalue weighted by Gasteiger charge is -2.35. The molecule has 0 aliphatic carbocycles. The van der Waals surface area contributed by atoms with Crippen LogP contribution >= 0.6 is 0 Å². The molecule has 1 rings (SSSR count). The van der Waals surface area contributed by atoms with Crippen molar-refractivity contribution in [1.82, 2.24) is 4.90 Å². The van der Waals surface area contributed by atoms with Crippen LogP contribution in [0, 0.1) is 0 Å². The molecule has 1 aliphatic rings. The van der Waals surface area contributed by atoms with Gasteiger partial charge < -0.3 is 5.11 Å². The summed E-state index contributed by atoms with van der Waals surface area (Å²) in [6.45, 7) is 5.51. The molecular weight excluding hydrogens is 190 g/mol. The zero-order chi connectivity index (χ0) is 11.3. The van der Waals surface area contributed by atoms with E-state index in [4.69, 9.17) is 0 Å². The standard InChI is InChI=1S/C12H23NO2/c1-10(14)6-8-13-7-4-3-5-12(13)9-11(2)15/h10,12,14H,3-9H2,1-2H3. The van der Waals surface area contributed by atoms with E-state index in [-0.39, 0.29) is 11.9 Å². The van der Waals surface area contributed by atoms with Crippen LogP contribution in [0.2, 0.25) is 0 Å². The largest absolute Gasteiger partial charge is 0.393 e. The third kappa shape index (κ3) is 4.76. The van der Waals surface area contributed by atoms with Crippen molar-refractivity contribution in [2.75, 3.05) is 13.1 Å². The first-order chi connectivity index (χ1) is 7.09. The minimum absolute atomic E-state index is 0.232. The molecule has 3 nitrogen and oxygen atoms in total. The molecule has 0 spiro atoms. The number of rotatable bonds is 5. The predicted molar refractivity (Wildman–Crippen MR) is 60.8 cm³/mol. The smallest absolute Gasteiger partial charge is 0.131 e. The van der Waals surface area contributed by atoms with Crippen LogP contribution in [0.25, 0.3) is 0 Å². The summed E-state index contributed by atoms with van der Waals surface area (Å²) in [7, 11) is 0. The maximum Gasteiger partial charge on any atom is 0.131 e. The number of aliphatic hydroxyl groups is 1. The molecule has 0 aromatic rings. The van der Waals surface area contributed by atoms with Gasteiger partial charge in [-0.15, -0.1) is 0 Å². The number of hydrogen-bond donors (Lipinski definition) is 1. The van der Waals surface area contributed by atoms with Crippen molar-refractivity contribution in [3.8, 4) is 0 Å². The topological polar surface area (TPSA) is 40.5 Å². The number of likely N-dealkylation sites (tertiary alicyclic amines) is 1. The Kier molecular flexibility index (Phi) is 5.26. The number of nitrogens with zero attached hydrogens (tertiary/aromatic N) is 1. The number of Topliss-reactive ketones (excluding diaryl/α,β-unsaturated/α-hetero) is 1. The van der Waals surface area contributed by atoms with Gasteiger partial charge in [0.2, 0.25) is 0 Å². The van der Waals surface area contributed by atoms with Gasteiger partial charge in [-0.1, -0.05) is 6.42 Å². The molecule has 1 heterocycles. The van der Waals surface area contributed by atoms with Crippen LogP contribution in [-0.2, 0) is 4.79 Å². The van der Waals surface area contributed by atoms with E-state index in [0.717, 1.165) is 25.9 Å². The quantitative estimate of drug-likeness (QED) is 0.754. The number of ketones is 1. The van der Waals surface area contributed by atoms with Gasteiger partial charge in [-0.05, 0) is 39.7 Å². The zero-order valence-electron chi connectivity index (χ0n) is 9.91. The Bertz CT molecular complexity index is 204. The maximum absolute atomic E-state index is 11.1. The van der Waals surface area contributed by atoms with Gasteiger partial charge in [-0.25, -0.2) is 0 Å². The summed E-state index contributed by atoms with van der Waals surface area (Å²) in [5, 5.41) is 9.26. The lowest BCUT2D eigenvalue weighted by molar-refractivity contribution is -0.118. The van der Waals surface area contributed by atoms with Gasteiger partial charge in [0.05, 0.1) is 6.10 Å². The van der Waals surface area contributed by atoms with Crippen molar-refractivity contribution in [3.63, 3.8) is 0 Å². The number of hydrogen-bond acceptors (Lipinski definition) is 3. The highest BCUT2D eigenvalue weighted by Crippen LogP contribution is 2.20. The molecule has 0 aromatic carbocycles. The van der Waals surface area contributed by atoms with E-state index in [9.17, 15) is 9.90 Å².